The van der Waals surface area contributed by atoms with Crippen LogP contribution in [0.15, 0.2) is 71.5 Å². The topological polar surface area (TPSA) is 67.4 Å². The van der Waals surface area contributed by atoms with E-state index in [2.05, 4.69) is 26.9 Å². The van der Waals surface area contributed by atoms with E-state index in [9.17, 15) is 4.79 Å². The first kappa shape index (κ1) is 16.2. The van der Waals surface area contributed by atoms with Crippen LogP contribution in [-0.2, 0) is 0 Å². The second-order valence-corrected chi connectivity index (χ2v) is 6.30. The van der Waals surface area contributed by atoms with E-state index in [4.69, 9.17) is 5.73 Å². The van der Waals surface area contributed by atoms with Crippen LogP contribution in [0.3, 0.4) is 0 Å². The van der Waals surface area contributed by atoms with Crippen LogP contribution in [0, 0.1) is 0 Å². The summed E-state index contributed by atoms with van der Waals surface area (Å²) in [5.74, 6) is 1.05. The largest absolute Gasteiger partial charge is 0.385 e. The molecule has 1 aliphatic heterocycles. The molecule has 6 nitrogen and oxygen atoms in total. The van der Waals surface area contributed by atoms with Gasteiger partial charge in [0.1, 0.15) is 11.6 Å². The fourth-order valence-corrected chi connectivity index (χ4v) is 3.32. The number of anilines is 3. The molecule has 4 rings (SSSR count). The lowest BCUT2D eigenvalue weighted by Gasteiger charge is -2.36. The summed E-state index contributed by atoms with van der Waals surface area (Å²) in [4.78, 5) is 21.2. The number of hydrogen-bond donors (Lipinski definition) is 1. The SMILES string of the molecule is Nc1cc(N2CCN(c3ccccc3)CC2)nc(=O)n1-c1ccccc1. The number of aromatic nitrogens is 2. The zero-order valence-corrected chi connectivity index (χ0v) is 14.5. The van der Waals surface area contributed by atoms with Crippen LogP contribution >= 0.6 is 0 Å². The maximum atomic E-state index is 12.5. The number of nitrogen functional groups attached to an aromatic ring is 1. The van der Waals surface area contributed by atoms with E-state index in [1.165, 1.54) is 10.3 Å². The predicted octanol–water partition coefficient (Wildman–Crippen LogP) is 2.14. The minimum Gasteiger partial charge on any atom is -0.385 e. The second kappa shape index (κ2) is 6.92. The third-order valence-corrected chi connectivity index (χ3v) is 4.68. The second-order valence-electron chi connectivity index (χ2n) is 6.30. The molecule has 3 aromatic rings. The Morgan fingerprint density at radius 2 is 1.31 bits per heavy atom. The Morgan fingerprint density at radius 1 is 0.769 bits per heavy atom. The number of benzene rings is 2. The van der Waals surface area contributed by atoms with Crippen molar-refractivity contribution >= 4 is 17.3 Å². The van der Waals surface area contributed by atoms with E-state index in [-0.39, 0.29) is 5.69 Å². The molecule has 2 N–H and O–H groups in total. The van der Waals surface area contributed by atoms with Crippen molar-refractivity contribution < 1.29 is 0 Å². The van der Waals surface area contributed by atoms with Crippen LogP contribution in [0.25, 0.3) is 5.69 Å². The van der Waals surface area contributed by atoms with Crippen molar-refractivity contribution in [3.05, 3.63) is 77.2 Å². The first-order chi connectivity index (χ1) is 12.7. The van der Waals surface area contributed by atoms with Gasteiger partial charge in [0.25, 0.3) is 0 Å². The molecule has 0 unspecified atom stereocenters. The summed E-state index contributed by atoms with van der Waals surface area (Å²) in [7, 11) is 0. The summed E-state index contributed by atoms with van der Waals surface area (Å²) in [5, 5.41) is 0. The highest BCUT2D eigenvalue weighted by Crippen LogP contribution is 2.20. The van der Waals surface area contributed by atoms with Crippen molar-refractivity contribution in [2.75, 3.05) is 41.7 Å². The Bertz CT molecular complexity index is 931. The molecule has 1 aromatic heterocycles. The van der Waals surface area contributed by atoms with E-state index in [0.29, 0.717) is 11.6 Å². The summed E-state index contributed by atoms with van der Waals surface area (Å²) >= 11 is 0. The van der Waals surface area contributed by atoms with Gasteiger partial charge >= 0.3 is 5.69 Å². The highest BCUT2D eigenvalue weighted by atomic mass is 16.1. The minimum absolute atomic E-state index is 0.350. The van der Waals surface area contributed by atoms with E-state index in [1.54, 1.807) is 6.07 Å². The summed E-state index contributed by atoms with van der Waals surface area (Å²) < 4.78 is 1.43. The van der Waals surface area contributed by atoms with Gasteiger partial charge in [0.2, 0.25) is 0 Å². The van der Waals surface area contributed by atoms with Gasteiger partial charge in [0.05, 0.1) is 5.69 Å². The van der Waals surface area contributed by atoms with Gasteiger partial charge in [-0.15, -0.1) is 0 Å². The van der Waals surface area contributed by atoms with Crippen molar-refractivity contribution in [2.45, 2.75) is 0 Å². The van der Waals surface area contributed by atoms with Gasteiger partial charge in [-0.25, -0.2) is 9.36 Å². The van der Waals surface area contributed by atoms with Crippen molar-refractivity contribution in [3.63, 3.8) is 0 Å². The molecular formula is C20H21N5O. The minimum atomic E-state index is -0.350. The smallest absolute Gasteiger partial charge is 0.355 e. The number of nitrogens with zero attached hydrogens (tertiary/aromatic N) is 4. The van der Waals surface area contributed by atoms with Crippen molar-refractivity contribution in [3.8, 4) is 5.69 Å². The predicted molar refractivity (Wildman–Crippen MR) is 105 cm³/mol. The molecule has 0 bridgehead atoms. The standard InChI is InChI=1S/C20H21N5O/c21-18-15-19(22-20(26)25(18)17-9-5-2-6-10-17)24-13-11-23(12-14-24)16-7-3-1-4-8-16/h1-10,15H,11-14,21H2. The van der Waals surface area contributed by atoms with E-state index in [0.717, 1.165) is 31.9 Å². The van der Waals surface area contributed by atoms with Gasteiger partial charge < -0.3 is 15.5 Å². The average molecular weight is 347 g/mol. The first-order valence-corrected chi connectivity index (χ1v) is 8.72. The van der Waals surface area contributed by atoms with Gasteiger partial charge in [0, 0.05) is 37.9 Å². The monoisotopic (exact) mass is 347 g/mol. The highest BCUT2D eigenvalue weighted by molar-refractivity contribution is 5.53. The van der Waals surface area contributed by atoms with Gasteiger partial charge in [-0.05, 0) is 24.3 Å². The zero-order chi connectivity index (χ0) is 17.9. The Kier molecular flexibility index (Phi) is 4.31. The van der Waals surface area contributed by atoms with Crippen molar-refractivity contribution in [1.82, 2.24) is 9.55 Å². The highest BCUT2D eigenvalue weighted by Gasteiger charge is 2.20. The molecule has 0 atom stereocenters. The van der Waals surface area contributed by atoms with Crippen molar-refractivity contribution in [2.24, 2.45) is 0 Å². The third-order valence-electron chi connectivity index (χ3n) is 4.68. The molecule has 132 valence electrons. The molecule has 1 fully saturated rings. The maximum absolute atomic E-state index is 12.5. The summed E-state index contributed by atoms with van der Waals surface area (Å²) in [6.45, 7) is 3.37. The summed E-state index contributed by atoms with van der Waals surface area (Å²) in [6, 6.07) is 21.5. The molecule has 6 heteroatoms. The van der Waals surface area contributed by atoms with Crippen LogP contribution in [-0.4, -0.2) is 35.7 Å². The van der Waals surface area contributed by atoms with E-state index in [1.807, 2.05) is 48.5 Å². The molecule has 0 saturated carbocycles. The normalized spacial score (nSPS) is 14.5. The van der Waals surface area contributed by atoms with Gasteiger partial charge in [-0.1, -0.05) is 36.4 Å². The van der Waals surface area contributed by atoms with Gasteiger partial charge in [0.15, 0.2) is 0 Å². The van der Waals surface area contributed by atoms with Crippen molar-refractivity contribution in [1.29, 1.82) is 0 Å². The molecule has 0 amide bonds. The Balaban J connectivity index is 1.54. The van der Waals surface area contributed by atoms with Gasteiger partial charge in [-0.2, -0.15) is 4.98 Å². The molecule has 0 aliphatic carbocycles. The summed E-state index contributed by atoms with van der Waals surface area (Å²) in [5.41, 5.74) is 7.76. The lowest BCUT2D eigenvalue weighted by atomic mass is 10.2. The lowest BCUT2D eigenvalue weighted by molar-refractivity contribution is 0.644. The van der Waals surface area contributed by atoms with Crippen LogP contribution in [0.4, 0.5) is 17.3 Å². The number of nitrogens with two attached hydrogens (primary N) is 1. The molecule has 1 saturated heterocycles. The quantitative estimate of drug-likeness (QED) is 0.786. The lowest BCUT2D eigenvalue weighted by Crippen LogP contribution is -2.47. The Hall–Kier alpha value is -3.28. The molecule has 1 aliphatic rings. The number of piperazine rings is 1. The molecule has 0 radical (unpaired) electrons. The fourth-order valence-electron chi connectivity index (χ4n) is 3.32. The third kappa shape index (κ3) is 3.13. The van der Waals surface area contributed by atoms with Crippen LogP contribution in [0.5, 0.6) is 0 Å². The van der Waals surface area contributed by atoms with Gasteiger partial charge in [-0.3, -0.25) is 0 Å². The maximum Gasteiger partial charge on any atom is 0.355 e. The van der Waals surface area contributed by atoms with Crippen LogP contribution in [0.1, 0.15) is 0 Å². The Labute approximate surface area is 152 Å². The number of para-hydroxylation sites is 2. The number of hydrogen-bond acceptors (Lipinski definition) is 5. The average Bonchev–Trinajstić information content (AvgIpc) is 2.69. The van der Waals surface area contributed by atoms with E-state index < -0.39 is 0 Å². The molecule has 2 aromatic carbocycles. The Morgan fingerprint density at radius 3 is 1.88 bits per heavy atom. The number of rotatable bonds is 3. The molecule has 26 heavy (non-hydrogen) atoms. The fraction of sp³-hybridized carbons (Fsp3) is 0.200. The van der Waals surface area contributed by atoms with Crippen LogP contribution < -0.4 is 21.2 Å². The zero-order valence-electron chi connectivity index (χ0n) is 14.5. The van der Waals surface area contributed by atoms with E-state index >= 15 is 0 Å². The molecular weight excluding hydrogens is 326 g/mol. The molecule has 0 spiro atoms. The first-order valence-electron chi connectivity index (χ1n) is 8.72. The van der Waals surface area contributed by atoms with Crippen LogP contribution in [0.2, 0.25) is 0 Å². The molecule has 2 heterocycles. The summed E-state index contributed by atoms with van der Waals surface area (Å²) in [6.07, 6.45) is 0.